The molecule has 0 radical (unpaired) electrons. The van der Waals surface area contributed by atoms with Gasteiger partial charge in [0.25, 0.3) is 0 Å². The number of hydrogen-bond acceptors (Lipinski definition) is 2. The Kier molecular flexibility index (Phi) is 5.70. The SMILES string of the molecule is c1ccc2c(c1)B1c3c(cccc3-c3cccc4c3-c3ccccc3N3B4c4ccccc4-c4ccccc43)-c3ccccc3N1c1ccccc1-2. The fourth-order valence-corrected chi connectivity index (χ4v) is 9.93. The highest BCUT2D eigenvalue weighted by Gasteiger charge is 2.46. The standard InChI is InChI=1S/C48H30B2N2/c1-7-24-40-31(15-1)33-17-3-9-27-43(33)51-46-30-12-6-20-39(46)47-36(21-14-26-42(47)49(40)51)38-23-13-22-37-35-19-5-11-29-45(35)52-44-28-10-4-18-34(44)32-16-2-8-25-41(32)50(52)48(37)38/h1-30H. The number of fused-ring (bicyclic) bond motifs is 22. The van der Waals surface area contributed by atoms with Gasteiger partial charge in [0, 0.05) is 45.0 Å². The molecule has 2 nitrogen and oxygen atoms in total. The molecule has 0 aliphatic carbocycles. The van der Waals surface area contributed by atoms with Gasteiger partial charge in [-0.05, 0) is 79.5 Å². The van der Waals surface area contributed by atoms with Crippen molar-refractivity contribution in [2.24, 2.45) is 0 Å². The summed E-state index contributed by atoms with van der Waals surface area (Å²) in [5.41, 5.74) is 23.4. The Morgan fingerprint density at radius 2 is 0.596 bits per heavy atom. The molecular weight excluding hydrogens is 626 g/mol. The fraction of sp³-hybridized carbons (Fsp3) is 0. The zero-order valence-electron chi connectivity index (χ0n) is 28.4. The van der Waals surface area contributed by atoms with Gasteiger partial charge in [-0.1, -0.05) is 158 Å². The summed E-state index contributed by atoms with van der Waals surface area (Å²) in [4.78, 5) is 5.20. The molecule has 0 aromatic heterocycles. The molecule has 0 N–H and O–H groups in total. The summed E-state index contributed by atoms with van der Waals surface area (Å²) < 4.78 is 0. The van der Waals surface area contributed by atoms with Crippen LogP contribution in [0.5, 0.6) is 0 Å². The topological polar surface area (TPSA) is 6.48 Å². The maximum atomic E-state index is 2.61. The molecule has 8 aromatic rings. The summed E-state index contributed by atoms with van der Waals surface area (Å²) in [6.45, 7) is 0.0654. The van der Waals surface area contributed by atoms with Gasteiger partial charge in [-0.25, -0.2) is 0 Å². The van der Waals surface area contributed by atoms with E-state index in [1.807, 2.05) is 0 Å². The molecule has 0 saturated carbocycles. The van der Waals surface area contributed by atoms with E-state index in [-0.39, 0.29) is 13.7 Å². The Hall–Kier alpha value is -6.51. The average Bonchev–Trinajstić information content (AvgIpc) is 3.23. The van der Waals surface area contributed by atoms with E-state index in [0.29, 0.717) is 0 Å². The van der Waals surface area contributed by atoms with Gasteiger partial charge in [-0.3, -0.25) is 0 Å². The van der Waals surface area contributed by atoms with Crippen molar-refractivity contribution in [3.8, 4) is 55.6 Å². The first-order valence-corrected chi connectivity index (χ1v) is 18.3. The van der Waals surface area contributed by atoms with E-state index in [1.165, 1.54) is 100 Å². The summed E-state index contributed by atoms with van der Waals surface area (Å²) >= 11 is 0. The van der Waals surface area contributed by atoms with Crippen molar-refractivity contribution >= 4 is 58.3 Å². The number of para-hydroxylation sites is 4. The second-order valence-corrected chi connectivity index (χ2v) is 14.3. The molecule has 8 aromatic carbocycles. The van der Waals surface area contributed by atoms with Gasteiger partial charge in [0.05, 0.1) is 0 Å². The first-order valence-electron chi connectivity index (χ1n) is 18.3. The Morgan fingerprint density at radius 3 is 1.19 bits per heavy atom. The molecule has 0 fully saturated rings. The van der Waals surface area contributed by atoms with Crippen LogP contribution in [0.1, 0.15) is 0 Å². The number of hydrogen-bond donors (Lipinski definition) is 0. The lowest BCUT2D eigenvalue weighted by atomic mass is 9.41. The third-order valence-corrected chi connectivity index (χ3v) is 11.9. The lowest BCUT2D eigenvalue weighted by Gasteiger charge is -2.45. The van der Waals surface area contributed by atoms with Crippen molar-refractivity contribution in [3.05, 3.63) is 182 Å². The van der Waals surface area contributed by atoms with Gasteiger partial charge in [-0.15, -0.1) is 0 Å². The minimum absolute atomic E-state index is 0.0145. The van der Waals surface area contributed by atoms with Crippen LogP contribution in [0.15, 0.2) is 182 Å². The quantitative estimate of drug-likeness (QED) is 0.163. The molecule has 0 saturated heterocycles. The molecule has 238 valence electrons. The van der Waals surface area contributed by atoms with Crippen molar-refractivity contribution in [1.82, 2.24) is 0 Å². The van der Waals surface area contributed by atoms with E-state index >= 15 is 0 Å². The van der Waals surface area contributed by atoms with Crippen molar-refractivity contribution < 1.29 is 0 Å². The Bertz CT molecular complexity index is 2800. The maximum absolute atomic E-state index is 2.61. The highest BCUT2D eigenvalue weighted by molar-refractivity contribution is 6.94. The van der Waals surface area contributed by atoms with Gasteiger partial charge in [0.1, 0.15) is 0 Å². The predicted molar refractivity (Wildman–Crippen MR) is 221 cm³/mol. The number of rotatable bonds is 1. The second-order valence-electron chi connectivity index (χ2n) is 14.3. The van der Waals surface area contributed by atoms with E-state index in [2.05, 4.69) is 192 Å². The van der Waals surface area contributed by atoms with E-state index in [9.17, 15) is 0 Å². The molecule has 4 aliphatic rings. The van der Waals surface area contributed by atoms with Crippen LogP contribution in [0.4, 0.5) is 22.7 Å². The summed E-state index contributed by atoms with van der Waals surface area (Å²) in [5, 5.41) is 0. The minimum Gasteiger partial charge on any atom is -0.376 e. The molecule has 0 atom stereocenters. The van der Waals surface area contributed by atoms with Crippen LogP contribution in [-0.2, 0) is 0 Å². The fourth-order valence-electron chi connectivity index (χ4n) is 9.93. The van der Waals surface area contributed by atoms with Gasteiger partial charge < -0.3 is 9.62 Å². The molecule has 0 unspecified atom stereocenters. The monoisotopic (exact) mass is 656 g/mol. The summed E-state index contributed by atoms with van der Waals surface area (Å²) in [6.07, 6.45) is 0. The smallest absolute Gasteiger partial charge is 0.330 e. The average molecular weight is 656 g/mol. The highest BCUT2D eigenvalue weighted by atomic mass is 15.1. The molecule has 0 spiro atoms. The van der Waals surface area contributed by atoms with Crippen molar-refractivity contribution in [3.63, 3.8) is 0 Å². The van der Waals surface area contributed by atoms with Crippen molar-refractivity contribution in [2.75, 3.05) is 9.62 Å². The second kappa shape index (κ2) is 10.5. The zero-order chi connectivity index (χ0) is 33.9. The van der Waals surface area contributed by atoms with Crippen LogP contribution in [-0.4, -0.2) is 13.7 Å². The Labute approximate surface area is 304 Å². The summed E-state index contributed by atoms with van der Waals surface area (Å²) in [6, 6.07) is 68.0. The Balaban J connectivity index is 1.17. The molecule has 0 bridgehead atoms. The van der Waals surface area contributed by atoms with E-state index in [4.69, 9.17) is 0 Å². The van der Waals surface area contributed by atoms with Crippen LogP contribution in [0.2, 0.25) is 0 Å². The van der Waals surface area contributed by atoms with Gasteiger partial charge in [0.2, 0.25) is 0 Å². The van der Waals surface area contributed by atoms with Crippen LogP contribution >= 0.6 is 0 Å². The zero-order valence-corrected chi connectivity index (χ0v) is 28.4. The summed E-state index contributed by atoms with van der Waals surface area (Å²) in [7, 11) is 0. The molecule has 4 aliphatic heterocycles. The van der Waals surface area contributed by atoms with Gasteiger partial charge in [0.15, 0.2) is 0 Å². The van der Waals surface area contributed by atoms with Gasteiger partial charge >= 0.3 is 13.7 Å². The van der Waals surface area contributed by atoms with Gasteiger partial charge in [-0.2, -0.15) is 0 Å². The lowest BCUT2D eigenvalue weighted by molar-refractivity contribution is 1.34. The molecule has 0 amide bonds. The molecule has 52 heavy (non-hydrogen) atoms. The van der Waals surface area contributed by atoms with E-state index < -0.39 is 0 Å². The van der Waals surface area contributed by atoms with Crippen molar-refractivity contribution in [1.29, 1.82) is 0 Å². The number of anilines is 4. The van der Waals surface area contributed by atoms with E-state index in [0.717, 1.165) is 0 Å². The Morgan fingerprint density at radius 1 is 0.250 bits per heavy atom. The first kappa shape index (κ1) is 28.2. The van der Waals surface area contributed by atoms with Crippen LogP contribution < -0.4 is 31.5 Å². The normalized spacial score (nSPS) is 13.6. The molecular formula is C48H30B2N2. The molecule has 4 heteroatoms. The largest absolute Gasteiger partial charge is 0.376 e. The van der Waals surface area contributed by atoms with E-state index in [1.54, 1.807) is 0 Å². The lowest BCUT2D eigenvalue weighted by Crippen LogP contribution is -2.60. The summed E-state index contributed by atoms with van der Waals surface area (Å²) in [5.74, 6) is 0. The van der Waals surface area contributed by atoms with Crippen LogP contribution in [0.3, 0.4) is 0 Å². The predicted octanol–water partition coefficient (Wildman–Crippen LogP) is 9.16. The number of benzene rings is 8. The number of nitrogens with zero attached hydrogens (tertiary/aromatic N) is 2. The van der Waals surface area contributed by atoms with Crippen LogP contribution in [0.25, 0.3) is 55.6 Å². The minimum atomic E-state index is 0.0145. The third kappa shape index (κ3) is 3.61. The maximum Gasteiger partial charge on any atom is 0.330 e. The molecule has 4 heterocycles. The molecule has 12 rings (SSSR count). The van der Waals surface area contributed by atoms with Crippen molar-refractivity contribution in [2.45, 2.75) is 0 Å². The highest BCUT2D eigenvalue weighted by Crippen LogP contribution is 2.50. The first-order chi connectivity index (χ1) is 25.9. The van der Waals surface area contributed by atoms with Crippen LogP contribution in [0, 0.1) is 0 Å². The third-order valence-electron chi connectivity index (χ3n) is 11.9.